The molecule has 0 radical (unpaired) electrons. The number of hydrogen-bond acceptors (Lipinski definition) is 2. The minimum absolute atomic E-state index is 0.500. The van der Waals surface area contributed by atoms with Gasteiger partial charge in [-0.3, -0.25) is 0 Å². The van der Waals surface area contributed by atoms with Crippen LogP contribution in [0.1, 0.15) is 64.7 Å². The van der Waals surface area contributed by atoms with Crippen molar-refractivity contribution < 1.29 is 0 Å². The molecule has 3 nitrogen and oxygen atoms in total. The fourth-order valence-electron chi connectivity index (χ4n) is 3.21. The van der Waals surface area contributed by atoms with Gasteiger partial charge in [-0.2, -0.15) is 0 Å². The van der Waals surface area contributed by atoms with Gasteiger partial charge in [0.2, 0.25) is 0 Å². The lowest BCUT2D eigenvalue weighted by atomic mass is 9.83. The van der Waals surface area contributed by atoms with E-state index in [0.717, 1.165) is 12.5 Å². The Bertz CT molecular complexity index is 370. The molecule has 2 rings (SSSR count). The molecule has 3 unspecified atom stereocenters. The van der Waals surface area contributed by atoms with Crippen LogP contribution in [-0.4, -0.2) is 22.1 Å². The van der Waals surface area contributed by atoms with Gasteiger partial charge in [-0.1, -0.05) is 27.7 Å². The van der Waals surface area contributed by atoms with Crippen LogP contribution in [0, 0.1) is 5.92 Å². The van der Waals surface area contributed by atoms with Crippen molar-refractivity contribution in [2.24, 2.45) is 5.92 Å². The predicted molar refractivity (Wildman–Crippen MR) is 75.8 cm³/mol. The molecule has 18 heavy (non-hydrogen) atoms. The molecule has 0 spiro atoms. The van der Waals surface area contributed by atoms with Gasteiger partial charge in [-0.25, -0.2) is 4.98 Å². The van der Waals surface area contributed by atoms with E-state index in [1.165, 1.54) is 25.1 Å². The summed E-state index contributed by atoms with van der Waals surface area (Å²) in [5.74, 6) is 2.56. The molecule has 1 saturated carbocycles. The normalized spacial score (nSPS) is 28.8. The van der Waals surface area contributed by atoms with E-state index in [0.29, 0.717) is 18.0 Å². The Balaban J connectivity index is 2.23. The van der Waals surface area contributed by atoms with E-state index < -0.39 is 0 Å². The summed E-state index contributed by atoms with van der Waals surface area (Å²) < 4.78 is 2.42. The number of nitrogens with one attached hydrogen (secondary N) is 1. The van der Waals surface area contributed by atoms with E-state index in [1.807, 2.05) is 6.20 Å². The number of rotatable bonds is 4. The Kier molecular flexibility index (Phi) is 4.44. The standard InChI is InChI=1S/C15H27N3/c1-5-16-13-7-6-12(4)10-14(13)18-9-8-17-15(18)11(2)3/h8-9,11-14,16H,5-7,10H2,1-4H3. The Morgan fingerprint density at radius 1 is 1.44 bits per heavy atom. The molecule has 0 aromatic carbocycles. The third-order valence-corrected chi connectivity index (χ3v) is 4.12. The summed E-state index contributed by atoms with van der Waals surface area (Å²) in [7, 11) is 0. The summed E-state index contributed by atoms with van der Waals surface area (Å²) in [6.07, 6.45) is 8.03. The van der Waals surface area contributed by atoms with Gasteiger partial charge in [-0.05, 0) is 31.7 Å². The van der Waals surface area contributed by atoms with Crippen molar-refractivity contribution >= 4 is 0 Å². The molecule has 0 saturated heterocycles. The summed E-state index contributed by atoms with van der Waals surface area (Å²) in [5, 5.41) is 3.66. The summed E-state index contributed by atoms with van der Waals surface area (Å²) in [5.41, 5.74) is 0. The zero-order valence-electron chi connectivity index (χ0n) is 12.2. The zero-order valence-corrected chi connectivity index (χ0v) is 12.2. The van der Waals surface area contributed by atoms with Crippen LogP contribution in [0.4, 0.5) is 0 Å². The molecule has 1 heterocycles. The molecule has 1 N–H and O–H groups in total. The Labute approximate surface area is 111 Å². The van der Waals surface area contributed by atoms with E-state index in [1.54, 1.807) is 0 Å². The lowest BCUT2D eigenvalue weighted by molar-refractivity contribution is 0.213. The third-order valence-electron chi connectivity index (χ3n) is 4.12. The fraction of sp³-hybridized carbons (Fsp3) is 0.800. The quantitative estimate of drug-likeness (QED) is 0.887. The molecule has 0 amide bonds. The first-order valence-corrected chi connectivity index (χ1v) is 7.39. The van der Waals surface area contributed by atoms with Gasteiger partial charge in [-0.15, -0.1) is 0 Å². The van der Waals surface area contributed by atoms with Gasteiger partial charge in [0.1, 0.15) is 5.82 Å². The fourth-order valence-corrected chi connectivity index (χ4v) is 3.21. The van der Waals surface area contributed by atoms with E-state index >= 15 is 0 Å². The summed E-state index contributed by atoms with van der Waals surface area (Å²) in [6, 6.07) is 1.19. The number of imidazole rings is 1. The Morgan fingerprint density at radius 3 is 2.89 bits per heavy atom. The van der Waals surface area contributed by atoms with Gasteiger partial charge in [0.05, 0.1) is 6.04 Å². The van der Waals surface area contributed by atoms with Crippen molar-refractivity contribution in [3.63, 3.8) is 0 Å². The highest BCUT2D eigenvalue weighted by molar-refractivity contribution is 5.03. The van der Waals surface area contributed by atoms with Crippen LogP contribution >= 0.6 is 0 Å². The van der Waals surface area contributed by atoms with Crippen LogP contribution in [0.15, 0.2) is 12.4 Å². The minimum Gasteiger partial charge on any atom is -0.330 e. The topological polar surface area (TPSA) is 29.9 Å². The average Bonchev–Trinajstić information content (AvgIpc) is 2.80. The molecular formula is C15H27N3. The van der Waals surface area contributed by atoms with Gasteiger partial charge in [0.15, 0.2) is 0 Å². The lowest BCUT2D eigenvalue weighted by Gasteiger charge is -2.37. The molecule has 1 aromatic rings. The molecule has 0 bridgehead atoms. The zero-order chi connectivity index (χ0) is 13.1. The van der Waals surface area contributed by atoms with E-state index in [4.69, 9.17) is 0 Å². The first-order chi connectivity index (χ1) is 8.63. The van der Waals surface area contributed by atoms with E-state index in [9.17, 15) is 0 Å². The second kappa shape index (κ2) is 5.87. The van der Waals surface area contributed by atoms with Crippen LogP contribution in [0.2, 0.25) is 0 Å². The molecular weight excluding hydrogens is 222 g/mol. The summed E-state index contributed by atoms with van der Waals surface area (Å²) in [4.78, 5) is 4.55. The average molecular weight is 249 g/mol. The maximum absolute atomic E-state index is 4.55. The maximum Gasteiger partial charge on any atom is 0.111 e. The van der Waals surface area contributed by atoms with Crippen molar-refractivity contribution in [2.75, 3.05) is 6.54 Å². The highest BCUT2D eigenvalue weighted by Crippen LogP contribution is 2.34. The highest BCUT2D eigenvalue weighted by Gasteiger charge is 2.30. The summed E-state index contributed by atoms with van der Waals surface area (Å²) >= 11 is 0. The lowest BCUT2D eigenvalue weighted by Crippen LogP contribution is -2.41. The van der Waals surface area contributed by atoms with Gasteiger partial charge in [0.25, 0.3) is 0 Å². The first kappa shape index (κ1) is 13.6. The molecule has 1 fully saturated rings. The largest absolute Gasteiger partial charge is 0.330 e. The van der Waals surface area contributed by atoms with Crippen LogP contribution in [-0.2, 0) is 0 Å². The van der Waals surface area contributed by atoms with Crippen molar-refractivity contribution in [3.05, 3.63) is 18.2 Å². The summed E-state index contributed by atoms with van der Waals surface area (Å²) in [6.45, 7) is 10.1. The smallest absolute Gasteiger partial charge is 0.111 e. The number of nitrogens with zero attached hydrogens (tertiary/aromatic N) is 2. The predicted octanol–water partition coefficient (Wildman–Crippen LogP) is 3.35. The molecule has 1 aliphatic rings. The first-order valence-electron chi connectivity index (χ1n) is 7.39. The second-order valence-electron chi connectivity index (χ2n) is 6.00. The second-order valence-corrected chi connectivity index (χ2v) is 6.00. The van der Waals surface area contributed by atoms with Crippen molar-refractivity contribution in [1.29, 1.82) is 0 Å². The number of hydrogen-bond donors (Lipinski definition) is 1. The number of likely N-dealkylation sites (N-methyl/N-ethyl adjacent to an activating group) is 1. The van der Waals surface area contributed by atoms with E-state index in [2.05, 4.69) is 48.8 Å². The van der Waals surface area contributed by atoms with Gasteiger partial charge < -0.3 is 9.88 Å². The molecule has 102 valence electrons. The monoisotopic (exact) mass is 249 g/mol. The van der Waals surface area contributed by atoms with Gasteiger partial charge >= 0.3 is 0 Å². The maximum atomic E-state index is 4.55. The van der Waals surface area contributed by atoms with Crippen molar-refractivity contribution in [3.8, 4) is 0 Å². The minimum atomic E-state index is 0.500. The van der Waals surface area contributed by atoms with E-state index in [-0.39, 0.29) is 0 Å². The molecule has 3 heteroatoms. The number of aromatic nitrogens is 2. The van der Waals surface area contributed by atoms with Crippen molar-refractivity contribution in [2.45, 2.75) is 65.0 Å². The molecule has 0 aliphatic heterocycles. The van der Waals surface area contributed by atoms with Crippen LogP contribution in [0.5, 0.6) is 0 Å². The van der Waals surface area contributed by atoms with Gasteiger partial charge in [0, 0.05) is 24.4 Å². The highest BCUT2D eigenvalue weighted by atomic mass is 15.1. The van der Waals surface area contributed by atoms with Crippen LogP contribution < -0.4 is 5.32 Å². The van der Waals surface area contributed by atoms with Crippen LogP contribution in [0.25, 0.3) is 0 Å². The van der Waals surface area contributed by atoms with Crippen molar-refractivity contribution in [1.82, 2.24) is 14.9 Å². The SMILES string of the molecule is CCNC1CCC(C)CC1n1ccnc1C(C)C. The Morgan fingerprint density at radius 2 is 2.22 bits per heavy atom. The Hall–Kier alpha value is -0.830. The van der Waals surface area contributed by atoms with Crippen LogP contribution in [0.3, 0.4) is 0 Å². The third kappa shape index (κ3) is 2.77. The molecule has 1 aliphatic carbocycles. The molecule has 3 atom stereocenters. The molecule has 1 aromatic heterocycles.